The number of carbonyl (C=O) groups is 1. The first-order valence-corrected chi connectivity index (χ1v) is 8.96. The fourth-order valence-electron chi connectivity index (χ4n) is 2.03. The van der Waals surface area contributed by atoms with Crippen LogP contribution in [0, 0.1) is 18.6 Å². The molecule has 6 nitrogen and oxygen atoms in total. The van der Waals surface area contributed by atoms with Crippen molar-refractivity contribution >= 4 is 21.6 Å². The lowest BCUT2D eigenvalue weighted by molar-refractivity contribution is -0.118. The average molecular weight is 384 g/mol. The van der Waals surface area contributed by atoms with Gasteiger partial charge in [0, 0.05) is 25.8 Å². The largest absolute Gasteiger partial charge is 0.481 e. The Morgan fingerprint density at radius 2 is 1.85 bits per heavy atom. The van der Waals surface area contributed by atoms with Crippen molar-refractivity contribution in [2.24, 2.45) is 0 Å². The molecule has 9 heteroatoms. The molecule has 0 radical (unpaired) electrons. The van der Waals surface area contributed by atoms with Crippen molar-refractivity contribution in [1.82, 2.24) is 4.31 Å². The molecule has 1 amide bonds. The Bertz CT molecular complexity index is 930. The highest BCUT2D eigenvalue weighted by molar-refractivity contribution is 7.89. The molecule has 0 aliphatic carbocycles. The van der Waals surface area contributed by atoms with Crippen molar-refractivity contribution in [3.63, 3.8) is 0 Å². The fourth-order valence-corrected chi connectivity index (χ4v) is 2.96. The van der Waals surface area contributed by atoms with Gasteiger partial charge >= 0.3 is 0 Å². The first-order chi connectivity index (χ1) is 12.1. The third-order valence-corrected chi connectivity index (χ3v) is 5.33. The highest BCUT2D eigenvalue weighted by atomic mass is 32.2. The minimum Gasteiger partial charge on any atom is -0.481 e. The zero-order chi connectivity index (χ0) is 19.5. The van der Waals surface area contributed by atoms with Crippen LogP contribution in [-0.2, 0) is 14.8 Å². The molecule has 0 saturated heterocycles. The van der Waals surface area contributed by atoms with Gasteiger partial charge in [0.25, 0.3) is 5.91 Å². The number of ether oxygens (including phenoxy) is 1. The first kappa shape index (κ1) is 19.8. The summed E-state index contributed by atoms with van der Waals surface area (Å²) in [6.07, 6.45) is 0. The third kappa shape index (κ3) is 4.55. The molecule has 2 aromatic rings. The predicted octanol–water partition coefficient (Wildman–Crippen LogP) is 2.54. The molecule has 1 N–H and O–H groups in total. The number of hydrogen-bond donors (Lipinski definition) is 1. The molecule has 0 bridgehead atoms. The highest BCUT2D eigenvalue weighted by Gasteiger charge is 2.19. The lowest BCUT2D eigenvalue weighted by Gasteiger charge is -2.14. The molecule has 0 fully saturated rings. The van der Waals surface area contributed by atoms with Crippen molar-refractivity contribution in [2.75, 3.05) is 26.0 Å². The minimum absolute atomic E-state index is 0.0221. The topological polar surface area (TPSA) is 75.7 Å². The first-order valence-electron chi connectivity index (χ1n) is 7.52. The quantitative estimate of drug-likeness (QED) is 0.831. The van der Waals surface area contributed by atoms with Gasteiger partial charge in [-0.15, -0.1) is 0 Å². The van der Waals surface area contributed by atoms with Gasteiger partial charge in [-0.2, -0.15) is 0 Å². The molecule has 0 aromatic heterocycles. The van der Waals surface area contributed by atoms with Crippen LogP contribution in [0.3, 0.4) is 0 Å². The van der Waals surface area contributed by atoms with E-state index in [4.69, 9.17) is 4.74 Å². The van der Waals surface area contributed by atoms with Crippen LogP contribution in [0.15, 0.2) is 41.3 Å². The number of carbonyl (C=O) groups excluding carboxylic acids is 1. The van der Waals surface area contributed by atoms with Gasteiger partial charge in [-0.3, -0.25) is 4.79 Å². The van der Waals surface area contributed by atoms with Gasteiger partial charge in [0.2, 0.25) is 10.0 Å². The van der Waals surface area contributed by atoms with Crippen LogP contribution in [0.1, 0.15) is 5.56 Å². The van der Waals surface area contributed by atoms with Crippen molar-refractivity contribution in [3.05, 3.63) is 53.6 Å². The summed E-state index contributed by atoms with van der Waals surface area (Å²) in [5.74, 6) is -2.56. The fraction of sp³-hybridized carbons (Fsp3) is 0.235. The summed E-state index contributed by atoms with van der Waals surface area (Å²) in [7, 11) is -0.849. The zero-order valence-corrected chi connectivity index (χ0v) is 15.2. The van der Waals surface area contributed by atoms with E-state index in [1.165, 1.54) is 26.2 Å². The SMILES string of the molecule is Cc1ccc(S(=O)(=O)N(C)C)cc1NC(=O)COc1ccc(F)cc1F. The minimum atomic E-state index is -3.65. The van der Waals surface area contributed by atoms with E-state index in [2.05, 4.69) is 5.32 Å². The van der Waals surface area contributed by atoms with Gasteiger partial charge < -0.3 is 10.1 Å². The number of amides is 1. The normalized spacial score (nSPS) is 11.5. The second-order valence-corrected chi connectivity index (χ2v) is 7.83. The van der Waals surface area contributed by atoms with E-state index in [-0.39, 0.29) is 10.6 Å². The number of nitrogens with one attached hydrogen (secondary N) is 1. The highest BCUT2D eigenvalue weighted by Crippen LogP contribution is 2.22. The van der Waals surface area contributed by atoms with Gasteiger partial charge in [-0.1, -0.05) is 6.07 Å². The van der Waals surface area contributed by atoms with Crippen molar-refractivity contribution in [1.29, 1.82) is 0 Å². The Balaban J connectivity index is 2.11. The van der Waals surface area contributed by atoms with Gasteiger partial charge in [-0.25, -0.2) is 21.5 Å². The standard InChI is InChI=1S/C17H18F2N2O4S/c1-11-4-6-13(26(23,24)21(2)3)9-15(11)20-17(22)10-25-16-7-5-12(18)8-14(16)19/h4-9H,10H2,1-3H3,(H,20,22). The molecule has 0 aliphatic heterocycles. The van der Waals surface area contributed by atoms with E-state index in [0.717, 1.165) is 16.4 Å². The molecule has 26 heavy (non-hydrogen) atoms. The molecule has 0 saturated carbocycles. The van der Waals surface area contributed by atoms with E-state index in [1.54, 1.807) is 13.0 Å². The number of rotatable bonds is 6. The van der Waals surface area contributed by atoms with Crippen LogP contribution in [0.2, 0.25) is 0 Å². The number of nitrogens with zero attached hydrogens (tertiary/aromatic N) is 1. The molecular formula is C17H18F2N2O4S. The van der Waals surface area contributed by atoms with Crippen LogP contribution in [0.25, 0.3) is 0 Å². The second-order valence-electron chi connectivity index (χ2n) is 5.68. The summed E-state index contributed by atoms with van der Waals surface area (Å²) in [5.41, 5.74) is 0.935. The number of anilines is 1. The van der Waals surface area contributed by atoms with E-state index in [9.17, 15) is 22.0 Å². The summed E-state index contributed by atoms with van der Waals surface area (Å²) < 4.78 is 56.8. The third-order valence-electron chi connectivity index (χ3n) is 3.51. The van der Waals surface area contributed by atoms with Crippen molar-refractivity contribution in [3.8, 4) is 5.75 Å². The van der Waals surface area contributed by atoms with Gasteiger partial charge in [0.05, 0.1) is 4.90 Å². The Morgan fingerprint density at radius 1 is 1.15 bits per heavy atom. The van der Waals surface area contributed by atoms with Crippen LogP contribution in [0.5, 0.6) is 5.75 Å². The van der Waals surface area contributed by atoms with E-state index >= 15 is 0 Å². The molecule has 0 aliphatic rings. The van der Waals surface area contributed by atoms with Crippen LogP contribution < -0.4 is 10.1 Å². The molecular weight excluding hydrogens is 366 g/mol. The van der Waals surface area contributed by atoms with Crippen molar-refractivity contribution < 1.29 is 26.7 Å². The molecule has 2 aromatic carbocycles. The van der Waals surface area contributed by atoms with Gasteiger partial charge in [0.1, 0.15) is 5.82 Å². The molecule has 2 rings (SSSR count). The maximum absolute atomic E-state index is 13.5. The summed E-state index contributed by atoms with van der Waals surface area (Å²) >= 11 is 0. The Kier molecular flexibility index (Phi) is 5.94. The van der Waals surface area contributed by atoms with Crippen LogP contribution in [0.4, 0.5) is 14.5 Å². The average Bonchev–Trinajstić information content (AvgIpc) is 2.55. The monoisotopic (exact) mass is 384 g/mol. The van der Waals surface area contributed by atoms with Gasteiger partial charge in [0.15, 0.2) is 18.2 Å². The predicted molar refractivity (Wildman–Crippen MR) is 92.5 cm³/mol. The van der Waals surface area contributed by atoms with E-state index < -0.39 is 34.2 Å². The van der Waals surface area contributed by atoms with Crippen LogP contribution >= 0.6 is 0 Å². The maximum atomic E-state index is 13.5. The summed E-state index contributed by atoms with van der Waals surface area (Å²) in [6.45, 7) is 1.18. The second kappa shape index (κ2) is 7.79. The number of hydrogen-bond acceptors (Lipinski definition) is 4. The van der Waals surface area contributed by atoms with E-state index in [0.29, 0.717) is 17.3 Å². The lowest BCUT2D eigenvalue weighted by atomic mass is 10.2. The summed E-state index contributed by atoms with van der Waals surface area (Å²) in [5, 5.41) is 2.52. The molecule has 0 heterocycles. The van der Waals surface area contributed by atoms with E-state index in [1.807, 2.05) is 0 Å². The Morgan fingerprint density at radius 3 is 2.46 bits per heavy atom. The summed E-state index contributed by atoms with van der Waals surface area (Å²) in [4.78, 5) is 12.0. The molecule has 0 spiro atoms. The summed E-state index contributed by atoms with van der Waals surface area (Å²) in [6, 6.07) is 7.06. The maximum Gasteiger partial charge on any atom is 0.262 e. The lowest BCUT2D eigenvalue weighted by Crippen LogP contribution is -2.23. The number of benzene rings is 2. The smallest absolute Gasteiger partial charge is 0.262 e. The van der Waals surface area contributed by atoms with Crippen molar-refractivity contribution in [2.45, 2.75) is 11.8 Å². The van der Waals surface area contributed by atoms with Crippen LogP contribution in [-0.4, -0.2) is 39.3 Å². The van der Waals surface area contributed by atoms with Gasteiger partial charge in [-0.05, 0) is 36.8 Å². The number of halogens is 2. The molecule has 140 valence electrons. The molecule has 0 atom stereocenters. The number of sulfonamides is 1. The Labute approximate surface area is 150 Å². The number of aryl methyl sites for hydroxylation is 1. The zero-order valence-electron chi connectivity index (χ0n) is 14.4. The molecule has 0 unspecified atom stereocenters. The Hall–Kier alpha value is -2.52.